The van der Waals surface area contributed by atoms with E-state index in [0.29, 0.717) is 28.6 Å². The van der Waals surface area contributed by atoms with Crippen molar-refractivity contribution >= 4 is 40.0 Å². The van der Waals surface area contributed by atoms with Gasteiger partial charge in [0.15, 0.2) is 0 Å². The molecule has 0 fully saturated rings. The van der Waals surface area contributed by atoms with Crippen LogP contribution in [0.5, 0.6) is 0 Å². The summed E-state index contributed by atoms with van der Waals surface area (Å²) in [5, 5.41) is 20.3. The van der Waals surface area contributed by atoms with Crippen molar-refractivity contribution < 1.29 is 19.8 Å². The fraction of sp³-hybridized carbons (Fsp3) is 0.182. The molecule has 144 valence electrons. The molecule has 0 aliphatic rings. The molecule has 3 rings (SSSR count). The Hall–Kier alpha value is -3.05. The van der Waals surface area contributed by atoms with Gasteiger partial charge in [0.1, 0.15) is 5.76 Å². The van der Waals surface area contributed by atoms with Crippen molar-refractivity contribution in [2.24, 2.45) is 0 Å². The predicted octanol–water partition coefficient (Wildman–Crippen LogP) is 4.82. The minimum absolute atomic E-state index is 0.356. The number of rotatable bonds is 5. The summed E-state index contributed by atoms with van der Waals surface area (Å²) in [5.41, 5.74) is 5.85. The monoisotopic (exact) mass is 397 g/mol. The van der Waals surface area contributed by atoms with Crippen LogP contribution in [0.15, 0.2) is 42.6 Å². The zero-order chi connectivity index (χ0) is 20.6. The first-order chi connectivity index (χ1) is 13.2. The first-order valence-corrected chi connectivity index (χ1v) is 9.08. The van der Waals surface area contributed by atoms with Crippen LogP contribution in [0, 0.1) is 20.8 Å². The van der Waals surface area contributed by atoms with Gasteiger partial charge in [-0.2, -0.15) is 0 Å². The summed E-state index contributed by atoms with van der Waals surface area (Å²) in [4.78, 5) is 22.3. The van der Waals surface area contributed by atoms with E-state index in [2.05, 4.69) is 32.9 Å². The largest absolute Gasteiger partial charge is 0.507 e. The smallest absolute Gasteiger partial charge is 0.376 e. The first kappa shape index (κ1) is 19.7. The van der Waals surface area contributed by atoms with Crippen LogP contribution in [0.2, 0.25) is 5.02 Å². The Balaban J connectivity index is 2.15. The van der Waals surface area contributed by atoms with Gasteiger partial charge < -0.3 is 14.8 Å². The highest BCUT2D eigenvalue weighted by Crippen LogP contribution is 2.30. The van der Waals surface area contributed by atoms with E-state index in [1.807, 2.05) is 10.6 Å². The van der Waals surface area contributed by atoms with Crippen molar-refractivity contribution in [1.82, 2.24) is 4.57 Å². The van der Waals surface area contributed by atoms with E-state index in [1.54, 1.807) is 18.3 Å². The Morgan fingerprint density at radius 2 is 1.71 bits per heavy atom. The van der Waals surface area contributed by atoms with Gasteiger partial charge >= 0.3 is 5.97 Å². The summed E-state index contributed by atoms with van der Waals surface area (Å²) in [6.45, 7) is 6.73. The molecule has 28 heavy (non-hydrogen) atoms. The van der Waals surface area contributed by atoms with E-state index in [9.17, 15) is 14.7 Å². The molecule has 0 amide bonds. The number of carboxylic acids is 1. The number of benzene rings is 2. The van der Waals surface area contributed by atoms with Gasteiger partial charge in [-0.15, -0.1) is 0 Å². The number of halogens is 1. The maximum Gasteiger partial charge on any atom is 0.376 e. The fourth-order valence-corrected chi connectivity index (χ4v) is 3.67. The van der Waals surface area contributed by atoms with Crippen molar-refractivity contribution in [2.75, 3.05) is 0 Å². The molecule has 0 unspecified atom stereocenters. The highest BCUT2D eigenvalue weighted by Gasteiger charge is 2.17. The molecule has 3 aromatic rings. The van der Waals surface area contributed by atoms with Gasteiger partial charge in [0.2, 0.25) is 0 Å². The molecule has 2 N–H and O–H groups in total. The minimum atomic E-state index is -1.63. The second-order valence-electron chi connectivity index (χ2n) is 6.91. The molecular weight excluding hydrogens is 378 g/mol. The summed E-state index contributed by atoms with van der Waals surface area (Å²) in [5.74, 6) is -3.22. The number of aryl methyl sites for hydroxylation is 3. The summed E-state index contributed by atoms with van der Waals surface area (Å²) >= 11 is 6.12. The number of aromatic nitrogens is 1. The van der Waals surface area contributed by atoms with Crippen LogP contribution in [-0.2, 0) is 16.1 Å². The Morgan fingerprint density at radius 1 is 1.07 bits per heavy atom. The number of hydrogen-bond acceptors (Lipinski definition) is 3. The number of aliphatic carboxylic acids is 1. The molecule has 1 heterocycles. The molecule has 0 aliphatic carbocycles. The lowest BCUT2D eigenvalue weighted by Gasteiger charge is -2.13. The van der Waals surface area contributed by atoms with Crippen LogP contribution in [0.1, 0.15) is 27.8 Å². The van der Waals surface area contributed by atoms with Gasteiger partial charge in [0, 0.05) is 40.3 Å². The summed E-state index contributed by atoms with van der Waals surface area (Å²) in [6, 6.07) is 9.52. The average Bonchev–Trinajstić information content (AvgIpc) is 2.95. The molecule has 0 radical (unpaired) electrons. The number of carbonyl (C=O) groups is 2. The van der Waals surface area contributed by atoms with E-state index >= 15 is 0 Å². The minimum Gasteiger partial charge on any atom is -0.507 e. The lowest BCUT2D eigenvalue weighted by Crippen LogP contribution is -2.09. The second-order valence-corrected chi connectivity index (χ2v) is 7.34. The zero-order valence-corrected chi connectivity index (χ0v) is 16.5. The molecule has 5 nitrogen and oxygen atoms in total. The third-order valence-corrected chi connectivity index (χ3v) is 5.00. The topological polar surface area (TPSA) is 79.5 Å². The van der Waals surface area contributed by atoms with Crippen molar-refractivity contribution in [3.8, 4) is 0 Å². The Morgan fingerprint density at radius 3 is 2.32 bits per heavy atom. The highest BCUT2D eigenvalue weighted by atomic mass is 35.5. The van der Waals surface area contributed by atoms with Crippen molar-refractivity contribution in [3.05, 3.63) is 75.4 Å². The number of hydrogen-bond donors (Lipinski definition) is 2. The third kappa shape index (κ3) is 3.80. The van der Waals surface area contributed by atoms with Gasteiger partial charge in [0.25, 0.3) is 5.78 Å². The number of aliphatic hydroxyl groups excluding tert-OH is 1. The van der Waals surface area contributed by atoms with E-state index in [1.165, 1.54) is 5.56 Å². The van der Waals surface area contributed by atoms with Crippen LogP contribution in [0.4, 0.5) is 0 Å². The molecule has 0 saturated carbocycles. The molecule has 2 aromatic carbocycles. The van der Waals surface area contributed by atoms with E-state index in [0.717, 1.165) is 22.2 Å². The predicted molar refractivity (Wildman–Crippen MR) is 110 cm³/mol. The van der Waals surface area contributed by atoms with Gasteiger partial charge in [-0.25, -0.2) is 4.79 Å². The maximum atomic E-state index is 11.5. The van der Waals surface area contributed by atoms with E-state index in [-0.39, 0.29) is 0 Å². The summed E-state index contributed by atoms with van der Waals surface area (Å²) in [7, 11) is 0. The third-order valence-electron chi connectivity index (χ3n) is 4.77. The molecule has 0 atom stereocenters. The molecule has 0 bridgehead atoms. The highest BCUT2D eigenvalue weighted by molar-refractivity contribution is 6.38. The fourth-order valence-electron chi connectivity index (χ4n) is 3.50. The Labute approximate surface area is 167 Å². The number of ketones is 1. The number of carboxylic acid groups (broad SMARTS) is 1. The molecule has 0 saturated heterocycles. The van der Waals surface area contributed by atoms with Gasteiger partial charge in [-0.1, -0.05) is 29.3 Å². The number of carbonyl (C=O) groups excluding carboxylic acids is 1. The van der Waals surface area contributed by atoms with E-state index < -0.39 is 17.5 Å². The number of aliphatic hydroxyl groups is 1. The average molecular weight is 398 g/mol. The van der Waals surface area contributed by atoms with Crippen LogP contribution < -0.4 is 0 Å². The van der Waals surface area contributed by atoms with Crippen LogP contribution in [0.3, 0.4) is 0 Å². The van der Waals surface area contributed by atoms with Crippen molar-refractivity contribution in [2.45, 2.75) is 27.3 Å². The normalized spacial score (nSPS) is 11.8. The number of fused-ring (bicyclic) bond motifs is 1. The van der Waals surface area contributed by atoms with Crippen LogP contribution >= 0.6 is 11.6 Å². The van der Waals surface area contributed by atoms with Crippen molar-refractivity contribution in [1.29, 1.82) is 0 Å². The van der Waals surface area contributed by atoms with Gasteiger partial charge in [-0.05, 0) is 55.7 Å². The van der Waals surface area contributed by atoms with Crippen LogP contribution in [0.25, 0.3) is 16.7 Å². The molecule has 0 spiro atoms. The van der Waals surface area contributed by atoms with Crippen LogP contribution in [-0.4, -0.2) is 26.5 Å². The Bertz CT molecular complexity index is 1120. The standard InChI is InChI=1S/C22H20ClNO4/c1-12-6-13(2)17(14(3)7-12)10-24-11-18(20(25)9-21(26)22(27)28)16-8-15(23)4-5-19(16)24/h4-9,11,25H,10H2,1-3H3,(H,27,28). The SMILES string of the molecule is Cc1cc(C)c(Cn2cc(C(O)=CC(=O)C(=O)O)c3cc(Cl)ccc32)c(C)c1. The quantitative estimate of drug-likeness (QED) is 0.367. The zero-order valence-electron chi connectivity index (χ0n) is 15.8. The second kappa shape index (κ2) is 7.52. The molecule has 1 aromatic heterocycles. The number of nitrogens with zero attached hydrogens (tertiary/aromatic N) is 1. The summed E-state index contributed by atoms with van der Waals surface area (Å²) in [6.07, 6.45) is 2.42. The Kier molecular flexibility index (Phi) is 5.29. The molecular formula is C22H20ClNO4. The molecule has 0 aliphatic heterocycles. The lowest BCUT2D eigenvalue weighted by atomic mass is 10.00. The van der Waals surface area contributed by atoms with E-state index in [4.69, 9.17) is 16.7 Å². The van der Waals surface area contributed by atoms with Gasteiger partial charge in [0.05, 0.1) is 0 Å². The van der Waals surface area contributed by atoms with Crippen molar-refractivity contribution in [3.63, 3.8) is 0 Å². The maximum absolute atomic E-state index is 11.5. The lowest BCUT2D eigenvalue weighted by molar-refractivity contribution is -0.146. The molecule has 6 heteroatoms. The van der Waals surface area contributed by atoms with Gasteiger partial charge in [-0.3, -0.25) is 4.79 Å². The summed E-state index contributed by atoms with van der Waals surface area (Å²) < 4.78 is 1.96. The first-order valence-electron chi connectivity index (χ1n) is 8.70.